The van der Waals surface area contributed by atoms with Crippen LogP contribution < -0.4 is 10.5 Å². The number of nitrogens with one attached hydrogen (secondary N) is 1. The number of nitrogens with two attached hydrogens (primary N) is 1. The average Bonchev–Trinajstić information content (AvgIpc) is 2.70. The number of benzene rings is 1. The lowest BCUT2D eigenvalue weighted by atomic mass is 10.3. The van der Waals surface area contributed by atoms with Gasteiger partial charge < -0.3 is 10.3 Å². The number of anilines is 1. The van der Waals surface area contributed by atoms with Gasteiger partial charge in [0.1, 0.15) is 10.7 Å². The van der Waals surface area contributed by atoms with Crippen molar-refractivity contribution >= 4 is 47.6 Å². The molecule has 1 aromatic carbocycles. The lowest BCUT2D eigenvalue weighted by Gasteiger charge is -2.11. The van der Waals surface area contributed by atoms with Crippen molar-refractivity contribution in [1.29, 1.82) is 0 Å². The maximum Gasteiger partial charge on any atom is 0.244 e. The number of nitrogens with zero attached hydrogens (tertiary/aromatic N) is 2. The van der Waals surface area contributed by atoms with E-state index in [2.05, 4.69) is 41.6 Å². The topological polar surface area (TPSA) is 90.0 Å². The smallest absolute Gasteiger partial charge is 0.244 e. The van der Waals surface area contributed by atoms with E-state index in [1.54, 1.807) is 36.1 Å². The summed E-state index contributed by atoms with van der Waals surface area (Å²) in [6, 6.07) is 3.17. The second-order valence-electron chi connectivity index (χ2n) is 4.08. The van der Waals surface area contributed by atoms with Gasteiger partial charge in [0.15, 0.2) is 0 Å². The Morgan fingerprint density at radius 2 is 2.10 bits per heavy atom. The molecule has 0 unspecified atom stereocenters. The first kappa shape index (κ1) is 15.5. The molecule has 2 aromatic rings. The number of imidazole rings is 1. The first-order valence-corrected chi connectivity index (χ1v) is 8.58. The first-order valence-electron chi connectivity index (χ1n) is 5.51. The Kier molecular flexibility index (Phi) is 4.52. The van der Waals surface area contributed by atoms with Crippen LogP contribution in [0.25, 0.3) is 0 Å². The van der Waals surface area contributed by atoms with Crippen LogP contribution >= 0.6 is 31.9 Å². The molecule has 0 spiro atoms. The number of halogens is 2. The van der Waals surface area contributed by atoms with Crippen LogP contribution in [-0.2, 0) is 23.6 Å². The molecular weight excluding hydrogens is 412 g/mol. The lowest BCUT2D eigenvalue weighted by Crippen LogP contribution is -2.26. The van der Waals surface area contributed by atoms with E-state index in [1.165, 1.54) is 0 Å². The maximum atomic E-state index is 12.3. The molecule has 0 amide bonds. The Bertz CT molecular complexity index is 720. The van der Waals surface area contributed by atoms with Crippen LogP contribution in [0.1, 0.15) is 5.82 Å². The van der Waals surface area contributed by atoms with Crippen molar-refractivity contribution in [3.8, 4) is 0 Å². The normalized spacial score (nSPS) is 11.8. The quantitative estimate of drug-likeness (QED) is 0.736. The summed E-state index contributed by atoms with van der Waals surface area (Å²) in [5.41, 5.74) is 5.95. The molecule has 20 heavy (non-hydrogen) atoms. The predicted molar refractivity (Wildman–Crippen MR) is 83.5 cm³/mol. The molecule has 3 N–H and O–H groups in total. The maximum absolute atomic E-state index is 12.3. The van der Waals surface area contributed by atoms with Crippen molar-refractivity contribution in [2.24, 2.45) is 7.05 Å². The lowest BCUT2D eigenvalue weighted by molar-refractivity contribution is 0.577. The van der Waals surface area contributed by atoms with Gasteiger partial charge in [-0.2, -0.15) is 0 Å². The summed E-state index contributed by atoms with van der Waals surface area (Å²) in [7, 11) is -1.94. The van der Waals surface area contributed by atoms with E-state index < -0.39 is 10.0 Å². The highest BCUT2D eigenvalue weighted by molar-refractivity contribution is 9.11. The van der Waals surface area contributed by atoms with Crippen LogP contribution in [0.4, 0.5) is 5.69 Å². The number of nitrogen functional groups attached to an aromatic ring is 1. The van der Waals surface area contributed by atoms with Gasteiger partial charge in [-0.15, -0.1) is 0 Å². The molecule has 6 nitrogen and oxygen atoms in total. The number of sulfonamides is 1. The highest BCUT2D eigenvalue weighted by Gasteiger charge is 2.21. The largest absolute Gasteiger partial charge is 0.398 e. The molecule has 0 aliphatic carbocycles. The summed E-state index contributed by atoms with van der Waals surface area (Å²) >= 11 is 6.47. The Morgan fingerprint density at radius 3 is 2.65 bits per heavy atom. The number of rotatable bonds is 4. The van der Waals surface area contributed by atoms with Crippen LogP contribution in [0.15, 0.2) is 38.4 Å². The van der Waals surface area contributed by atoms with Gasteiger partial charge in [-0.1, -0.05) is 15.9 Å². The van der Waals surface area contributed by atoms with Crippen molar-refractivity contribution in [3.05, 3.63) is 39.3 Å². The van der Waals surface area contributed by atoms with Gasteiger partial charge in [0.2, 0.25) is 10.0 Å². The Morgan fingerprint density at radius 1 is 1.40 bits per heavy atom. The molecule has 0 aliphatic heterocycles. The highest BCUT2D eigenvalue weighted by Crippen LogP contribution is 2.31. The molecule has 0 fully saturated rings. The Labute approximate surface area is 133 Å². The summed E-state index contributed by atoms with van der Waals surface area (Å²) in [5, 5.41) is 0. The zero-order valence-corrected chi connectivity index (χ0v) is 14.5. The van der Waals surface area contributed by atoms with E-state index >= 15 is 0 Å². The monoisotopic (exact) mass is 422 g/mol. The molecular formula is C11H12Br2N4O2S. The molecule has 0 saturated heterocycles. The van der Waals surface area contributed by atoms with Crippen LogP contribution in [0.2, 0.25) is 0 Å². The predicted octanol–water partition coefficient (Wildman–Crippen LogP) is 2.01. The van der Waals surface area contributed by atoms with Gasteiger partial charge in [-0.3, -0.25) is 0 Å². The summed E-state index contributed by atoms with van der Waals surface area (Å²) < 4.78 is 30.0. The molecule has 1 aromatic heterocycles. The Hall–Kier alpha value is -0.900. The molecule has 0 radical (unpaired) electrons. The minimum absolute atomic E-state index is 0.0231. The number of aromatic nitrogens is 2. The molecule has 108 valence electrons. The summed E-state index contributed by atoms with van der Waals surface area (Å²) in [4.78, 5) is 4.08. The van der Waals surface area contributed by atoms with Crippen molar-refractivity contribution in [1.82, 2.24) is 14.3 Å². The minimum atomic E-state index is -3.73. The highest BCUT2D eigenvalue weighted by atomic mass is 79.9. The molecule has 0 saturated carbocycles. The van der Waals surface area contributed by atoms with Crippen molar-refractivity contribution in [3.63, 3.8) is 0 Å². The van der Waals surface area contributed by atoms with E-state index in [0.717, 1.165) is 0 Å². The van der Waals surface area contributed by atoms with E-state index in [4.69, 9.17) is 5.73 Å². The third-order valence-electron chi connectivity index (χ3n) is 2.65. The number of hydrogen-bond acceptors (Lipinski definition) is 4. The SMILES string of the molecule is Cn1ccnc1CNS(=O)(=O)c1c(N)cc(Br)cc1Br. The van der Waals surface area contributed by atoms with Crippen molar-refractivity contribution in [2.45, 2.75) is 11.4 Å². The van der Waals surface area contributed by atoms with Crippen LogP contribution in [0.5, 0.6) is 0 Å². The van der Waals surface area contributed by atoms with Gasteiger partial charge in [0.25, 0.3) is 0 Å². The van der Waals surface area contributed by atoms with Crippen LogP contribution in [0.3, 0.4) is 0 Å². The van der Waals surface area contributed by atoms with Gasteiger partial charge in [0.05, 0.1) is 12.2 Å². The van der Waals surface area contributed by atoms with Crippen molar-refractivity contribution in [2.75, 3.05) is 5.73 Å². The molecule has 9 heteroatoms. The Balaban J connectivity index is 2.30. The molecule has 0 bridgehead atoms. The number of aryl methyl sites for hydroxylation is 1. The van der Waals surface area contributed by atoms with E-state index in [9.17, 15) is 8.42 Å². The fourth-order valence-electron chi connectivity index (χ4n) is 1.66. The number of hydrogen-bond donors (Lipinski definition) is 2. The molecule has 0 atom stereocenters. The van der Waals surface area contributed by atoms with Crippen LogP contribution in [-0.4, -0.2) is 18.0 Å². The summed E-state index contributed by atoms with van der Waals surface area (Å²) in [6.07, 6.45) is 3.35. The molecule has 2 rings (SSSR count). The second kappa shape index (κ2) is 5.84. The third-order valence-corrected chi connectivity index (χ3v) is 5.51. The molecule has 1 heterocycles. The summed E-state index contributed by atoms with van der Waals surface area (Å²) in [5.74, 6) is 0.611. The van der Waals surface area contributed by atoms with Crippen LogP contribution in [0, 0.1) is 0 Å². The minimum Gasteiger partial charge on any atom is -0.398 e. The van der Waals surface area contributed by atoms with Gasteiger partial charge in [-0.05, 0) is 28.1 Å². The van der Waals surface area contributed by atoms with Gasteiger partial charge >= 0.3 is 0 Å². The zero-order chi connectivity index (χ0) is 14.9. The third kappa shape index (κ3) is 3.22. The standard InChI is InChI=1S/C11H12Br2N4O2S/c1-17-3-2-15-10(17)6-16-20(18,19)11-8(13)4-7(12)5-9(11)14/h2-5,16H,6,14H2,1H3. The van der Waals surface area contributed by atoms with Gasteiger partial charge in [-0.25, -0.2) is 18.1 Å². The summed E-state index contributed by atoms with van der Waals surface area (Å²) in [6.45, 7) is 0.0910. The fraction of sp³-hybridized carbons (Fsp3) is 0.182. The fourth-order valence-corrected chi connectivity index (χ4v) is 4.71. The van der Waals surface area contributed by atoms with E-state index in [0.29, 0.717) is 14.8 Å². The zero-order valence-electron chi connectivity index (χ0n) is 10.5. The first-order chi connectivity index (χ1) is 9.31. The van der Waals surface area contributed by atoms with Gasteiger partial charge in [0, 0.05) is 28.4 Å². The van der Waals surface area contributed by atoms with E-state index in [-0.39, 0.29) is 17.1 Å². The molecule has 0 aliphatic rings. The van der Waals surface area contributed by atoms with E-state index in [1.807, 2.05) is 0 Å². The second-order valence-corrected chi connectivity index (χ2v) is 7.56. The average molecular weight is 424 g/mol. The van der Waals surface area contributed by atoms with Crippen molar-refractivity contribution < 1.29 is 8.42 Å².